The van der Waals surface area contributed by atoms with Crippen molar-refractivity contribution in [3.63, 3.8) is 0 Å². The van der Waals surface area contributed by atoms with Crippen molar-refractivity contribution in [2.75, 3.05) is 27.2 Å². The van der Waals surface area contributed by atoms with Gasteiger partial charge in [0.05, 0.1) is 26.3 Å². The highest BCUT2D eigenvalue weighted by Gasteiger charge is 2.20. The fraction of sp³-hybridized carbons (Fsp3) is 0.714. The van der Waals surface area contributed by atoms with E-state index in [1.807, 2.05) is 18.2 Å². The second-order valence-corrected chi connectivity index (χ2v) is 7.76. The molecule has 5 heteroatoms. The monoisotopic (exact) mass is 427 g/mol. The minimum atomic E-state index is 0. The molecule has 0 unspecified atom stereocenters. The summed E-state index contributed by atoms with van der Waals surface area (Å²) in [6.07, 6.45) is 15.3. The van der Waals surface area contributed by atoms with Crippen molar-refractivity contribution in [2.45, 2.75) is 71.1 Å². The van der Waals surface area contributed by atoms with Crippen LogP contribution in [0.4, 0.5) is 0 Å². The van der Waals surface area contributed by atoms with Gasteiger partial charge in [-0.2, -0.15) is 0 Å². The molecule has 0 aliphatic heterocycles. The standard InChI is InChI=1S/C21H37N3O.BrH/c1-4-5-6-7-8-9-10-11-12-15-18-24(2,3)19-21(23-25)20-16-13-14-17-22-20;/h13-14,16-17H,4-12,15,18-19H2,1-3H3;1H/b23-21+;. The molecule has 0 saturated heterocycles. The van der Waals surface area contributed by atoms with Crippen molar-refractivity contribution >= 4 is 5.71 Å². The average Bonchev–Trinajstić information content (AvgIpc) is 2.62. The number of hydrogen-bond donors (Lipinski definition) is 1. The van der Waals surface area contributed by atoms with Crippen molar-refractivity contribution in [3.8, 4) is 0 Å². The molecule has 1 N–H and O–H groups in total. The van der Waals surface area contributed by atoms with Gasteiger partial charge in [0.15, 0.2) is 5.71 Å². The minimum absolute atomic E-state index is 0. The van der Waals surface area contributed by atoms with Gasteiger partial charge >= 0.3 is 0 Å². The molecule has 0 amide bonds. The van der Waals surface area contributed by atoms with Crippen LogP contribution in [0.2, 0.25) is 0 Å². The molecule has 0 bridgehead atoms. The Kier molecular flexibility index (Phi) is 14.6. The molecular weight excluding hydrogens is 390 g/mol. The van der Waals surface area contributed by atoms with E-state index < -0.39 is 0 Å². The highest BCUT2D eigenvalue weighted by Crippen LogP contribution is 2.12. The molecule has 1 aromatic heterocycles. The smallest absolute Gasteiger partial charge is 0.159 e. The molecule has 1 rings (SSSR count). The third-order valence-corrected chi connectivity index (χ3v) is 4.78. The van der Waals surface area contributed by atoms with E-state index in [9.17, 15) is 5.21 Å². The Balaban J connectivity index is 0.00000625. The fourth-order valence-corrected chi connectivity index (χ4v) is 3.21. The van der Waals surface area contributed by atoms with E-state index in [0.717, 1.165) is 16.7 Å². The Hall–Kier alpha value is -0.940. The van der Waals surface area contributed by atoms with Crippen LogP contribution >= 0.6 is 0 Å². The molecule has 0 saturated carbocycles. The van der Waals surface area contributed by atoms with Crippen LogP contribution in [0.3, 0.4) is 0 Å². The molecular formula is C21H38BrN3O. The molecule has 26 heavy (non-hydrogen) atoms. The Bertz CT molecular complexity index is 477. The molecule has 0 spiro atoms. The highest BCUT2D eigenvalue weighted by atomic mass is 79.9. The van der Waals surface area contributed by atoms with E-state index in [1.54, 1.807) is 6.20 Å². The summed E-state index contributed by atoms with van der Waals surface area (Å²) in [6.45, 7) is 4.07. The van der Waals surface area contributed by atoms with Gasteiger partial charge in [-0.15, -0.1) is 0 Å². The second kappa shape index (κ2) is 15.2. The fourth-order valence-electron chi connectivity index (χ4n) is 3.21. The first kappa shape index (κ1) is 25.1. The average molecular weight is 428 g/mol. The molecule has 1 aromatic rings. The summed E-state index contributed by atoms with van der Waals surface area (Å²) in [5, 5.41) is 12.8. The Morgan fingerprint density at radius 3 is 2.04 bits per heavy atom. The van der Waals surface area contributed by atoms with Gasteiger partial charge in [-0.05, 0) is 25.0 Å². The zero-order chi connectivity index (χ0) is 18.4. The lowest BCUT2D eigenvalue weighted by Gasteiger charge is -2.29. The van der Waals surface area contributed by atoms with Crippen molar-refractivity contribution in [1.29, 1.82) is 0 Å². The van der Waals surface area contributed by atoms with Gasteiger partial charge in [-0.25, -0.2) is 0 Å². The summed E-state index contributed by atoms with van der Waals surface area (Å²) in [7, 11) is 4.39. The molecule has 0 atom stereocenters. The minimum Gasteiger partial charge on any atom is -1.00 e. The summed E-state index contributed by atoms with van der Waals surface area (Å²) in [5.74, 6) is 0. The summed E-state index contributed by atoms with van der Waals surface area (Å²) in [4.78, 5) is 4.29. The van der Waals surface area contributed by atoms with Crippen molar-refractivity contribution in [3.05, 3.63) is 30.1 Å². The van der Waals surface area contributed by atoms with E-state index in [0.29, 0.717) is 12.3 Å². The Labute approximate surface area is 171 Å². The second-order valence-electron chi connectivity index (χ2n) is 7.76. The number of likely N-dealkylation sites (N-methyl/N-ethyl adjacent to an activating group) is 1. The van der Waals surface area contributed by atoms with Crippen molar-refractivity contribution in [2.24, 2.45) is 5.16 Å². The summed E-state index contributed by atoms with van der Waals surface area (Å²) < 4.78 is 0.826. The number of rotatable bonds is 14. The number of oxime groups is 1. The Morgan fingerprint density at radius 2 is 1.54 bits per heavy atom. The zero-order valence-corrected chi connectivity index (χ0v) is 18.5. The highest BCUT2D eigenvalue weighted by molar-refractivity contribution is 5.99. The summed E-state index contributed by atoms with van der Waals surface area (Å²) in [6, 6.07) is 5.70. The van der Waals surface area contributed by atoms with Crippen LogP contribution in [0, 0.1) is 0 Å². The molecule has 1 heterocycles. The molecule has 0 fully saturated rings. The number of quaternary nitrogens is 1. The first-order chi connectivity index (χ1) is 12.1. The lowest BCUT2D eigenvalue weighted by Crippen LogP contribution is -3.00. The van der Waals surface area contributed by atoms with Crippen LogP contribution in [-0.4, -0.2) is 47.6 Å². The predicted molar refractivity (Wildman–Crippen MR) is 106 cm³/mol. The van der Waals surface area contributed by atoms with E-state index in [2.05, 4.69) is 31.2 Å². The van der Waals surface area contributed by atoms with Crippen LogP contribution in [0.5, 0.6) is 0 Å². The molecule has 0 radical (unpaired) electrons. The maximum atomic E-state index is 9.33. The largest absolute Gasteiger partial charge is 1.00 e. The van der Waals surface area contributed by atoms with Crippen LogP contribution in [0.1, 0.15) is 76.8 Å². The number of hydrogen-bond acceptors (Lipinski definition) is 3. The maximum Gasteiger partial charge on any atom is 0.159 e. The SMILES string of the molecule is CCCCCCCCCCCC[N+](C)(C)C/C(=N\O)c1ccccn1.[Br-]. The molecule has 4 nitrogen and oxygen atoms in total. The quantitative estimate of drug-likeness (QED) is 0.162. The lowest BCUT2D eigenvalue weighted by molar-refractivity contribution is -0.881. The van der Waals surface area contributed by atoms with Gasteiger partial charge in [0.1, 0.15) is 6.54 Å². The number of nitrogens with zero attached hydrogens (tertiary/aromatic N) is 3. The number of halogens is 1. The van der Waals surface area contributed by atoms with Gasteiger partial charge in [0.25, 0.3) is 0 Å². The van der Waals surface area contributed by atoms with Gasteiger partial charge in [-0.3, -0.25) is 4.98 Å². The summed E-state index contributed by atoms with van der Waals surface area (Å²) >= 11 is 0. The van der Waals surface area contributed by atoms with Gasteiger partial charge in [-0.1, -0.05) is 69.5 Å². The topological polar surface area (TPSA) is 45.5 Å². The van der Waals surface area contributed by atoms with E-state index in [1.165, 1.54) is 64.2 Å². The van der Waals surface area contributed by atoms with E-state index >= 15 is 0 Å². The van der Waals surface area contributed by atoms with Crippen LogP contribution in [0.25, 0.3) is 0 Å². The number of pyridine rings is 1. The lowest BCUT2D eigenvalue weighted by atomic mass is 10.1. The third-order valence-electron chi connectivity index (χ3n) is 4.78. The molecule has 0 aromatic carbocycles. The van der Waals surface area contributed by atoms with Crippen LogP contribution < -0.4 is 17.0 Å². The number of unbranched alkanes of at least 4 members (excludes halogenated alkanes) is 9. The zero-order valence-electron chi connectivity index (χ0n) is 17.0. The Morgan fingerprint density at radius 1 is 0.962 bits per heavy atom. The van der Waals surface area contributed by atoms with Gasteiger partial charge in [0, 0.05) is 6.20 Å². The molecule has 0 aliphatic carbocycles. The predicted octanol–water partition coefficient (Wildman–Crippen LogP) is 2.26. The molecule has 150 valence electrons. The van der Waals surface area contributed by atoms with Crippen molar-refractivity contribution < 1.29 is 26.7 Å². The molecule has 0 aliphatic rings. The third kappa shape index (κ3) is 11.6. The normalized spacial score (nSPS) is 12.0. The van der Waals surface area contributed by atoms with Crippen molar-refractivity contribution in [1.82, 2.24) is 4.98 Å². The first-order valence-corrected chi connectivity index (χ1v) is 10.0. The van der Waals surface area contributed by atoms with Gasteiger partial charge in [0.2, 0.25) is 0 Å². The maximum absolute atomic E-state index is 9.33. The first-order valence-electron chi connectivity index (χ1n) is 10.0. The van der Waals surface area contributed by atoms with Crippen LogP contribution in [0.15, 0.2) is 29.6 Å². The summed E-state index contributed by atoms with van der Waals surface area (Å²) in [5.41, 5.74) is 1.43. The van der Waals surface area contributed by atoms with Crippen LogP contribution in [-0.2, 0) is 0 Å². The van der Waals surface area contributed by atoms with E-state index in [-0.39, 0.29) is 17.0 Å². The van der Waals surface area contributed by atoms with Gasteiger partial charge < -0.3 is 26.7 Å². The van der Waals surface area contributed by atoms with E-state index in [4.69, 9.17) is 0 Å². The number of aromatic nitrogens is 1.